The van der Waals surface area contributed by atoms with E-state index in [1.807, 2.05) is 0 Å². The number of amides is 2. The molecule has 0 radical (unpaired) electrons. The van der Waals surface area contributed by atoms with Gasteiger partial charge >= 0.3 is 0 Å². The number of nitrogens with one attached hydrogen (secondary N) is 1. The van der Waals surface area contributed by atoms with Crippen molar-refractivity contribution in [1.82, 2.24) is 10.3 Å². The number of primary amides is 1. The molecule has 0 aromatic carbocycles. The first-order valence-corrected chi connectivity index (χ1v) is 10.2. The normalized spacial score (nSPS) is 25.8. The van der Waals surface area contributed by atoms with E-state index >= 15 is 0 Å². The van der Waals surface area contributed by atoms with E-state index < -0.39 is 17.7 Å². The summed E-state index contributed by atoms with van der Waals surface area (Å²) in [6.45, 7) is -0.313. The molecule has 0 bridgehead atoms. The van der Waals surface area contributed by atoms with Gasteiger partial charge in [0.2, 0.25) is 11.8 Å². The zero-order valence-electron chi connectivity index (χ0n) is 16.2. The number of halogens is 2. The molecule has 0 spiro atoms. The first-order chi connectivity index (χ1) is 13.8. The van der Waals surface area contributed by atoms with Gasteiger partial charge in [-0.05, 0) is 43.7 Å². The Morgan fingerprint density at radius 1 is 1.21 bits per heavy atom. The number of carbonyl (C=O) groups is 2. The molecule has 2 atom stereocenters. The predicted octanol–water partition coefficient (Wildman–Crippen LogP) is 2.10. The highest BCUT2D eigenvalue weighted by Gasteiger charge is 2.45. The number of hydrogen-bond acceptors (Lipinski definition) is 5. The van der Waals surface area contributed by atoms with E-state index in [1.165, 1.54) is 11.0 Å². The van der Waals surface area contributed by atoms with Gasteiger partial charge < -0.3 is 20.7 Å². The monoisotopic (exact) mass is 408 g/mol. The summed E-state index contributed by atoms with van der Waals surface area (Å²) in [7, 11) is 0. The third-order valence-corrected chi connectivity index (χ3v) is 5.86. The first kappa shape index (κ1) is 19.8. The Labute approximate surface area is 168 Å². The standard InChI is InChI=1S/C20H26F2N4O3/c21-20(22)10-26(11-20)16-8-7-15(25-19(16)29-9-12-5-6-12)18(28)24-14-4-2-1-3-13(14)17(23)27/h7-8,12-14H,1-6,9-11H2,(H2,23,27)(H,24,28)/t13-,14+/m0/s1. The second-order valence-electron chi connectivity index (χ2n) is 8.36. The van der Waals surface area contributed by atoms with Crippen LogP contribution in [0.4, 0.5) is 14.5 Å². The number of pyridine rings is 1. The number of rotatable bonds is 7. The molecular weight excluding hydrogens is 382 g/mol. The molecule has 4 rings (SSSR count). The summed E-state index contributed by atoms with van der Waals surface area (Å²) in [5.74, 6) is -3.27. The molecule has 158 valence electrons. The molecule has 2 heterocycles. The average Bonchev–Trinajstić information content (AvgIpc) is 3.49. The Morgan fingerprint density at radius 2 is 1.93 bits per heavy atom. The van der Waals surface area contributed by atoms with E-state index in [9.17, 15) is 18.4 Å². The van der Waals surface area contributed by atoms with Gasteiger partial charge in [-0.15, -0.1) is 0 Å². The molecule has 2 aliphatic carbocycles. The van der Waals surface area contributed by atoms with Gasteiger partial charge in [0, 0.05) is 6.04 Å². The molecule has 0 unspecified atom stereocenters. The van der Waals surface area contributed by atoms with Crippen LogP contribution in [-0.2, 0) is 4.79 Å². The lowest BCUT2D eigenvalue weighted by atomic mass is 9.84. The molecule has 3 N–H and O–H groups in total. The Balaban J connectivity index is 1.49. The number of carbonyl (C=O) groups excluding carboxylic acids is 2. The summed E-state index contributed by atoms with van der Waals surface area (Å²) >= 11 is 0. The van der Waals surface area contributed by atoms with Crippen LogP contribution in [0.2, 0.25) is 0 Å². The second kappa shape index (κ2) is 7.76. The topological polar surface area (TPSA) is 97.5 Å². The number of alkyl halides is 2. The van der Waals surface area contributed by atoms with E-state index in [1.54, 1.807) is 6.07 Å². The largest absolute Gasteiger partial charge is 0.476 e. The first-order valence-electron chi connectivity index (χ1n) is 10.2. The van der Waals surface area contributed by atoms with Crippen molar-refractivity contribution in [2.45, 2.75) is 50.5 Å². The zero-order chi connectivity index (χ0) is 20.6. The summed E-state index contributed by atoms with van der Waals surface area (Å²) < 4.78 is 32.4. The van der Waals surface area contributed by atoms with E-state index in [2.05, 4.69) is 10.3 Å². The van der Waals surface area contributed by atoms with Crippen molar-refractivity contribution in [2.75, 3.05) is 24.6 Å². The molecule has 1 saturated heterocycles. The zero-order valence-corrected chi connectivity index (χ0v) is 16.2. The van der Waals surface area contributed by atoms with Crippen LogP contribution >= 0.6 is 0 Å². The Morgan fingerprint density at radius 3 is 2.59 bits per heavy atom. The maximum Gasteiger partial charge on any atom is 0.282 e. The molecule has 1 aromatic heterocycles. The summed E-state index contributed by atoms with van der Waals surface area (Å²) in [5.41, 5.74) is 6.09. The van der Waals surface area contributed by atoms with Gasteiger partial charge in [0.05, 0.1) is 25.6 Å². The number of nitrogens with zero attached hydrogens (tertiary/aromatic N) is 2. The van der Waals surface area contributed by atoms with Crippen LogP contribution in [0.3, 0.4) is 0 Å². The van der Waals surface area contributed by atoms with Gasteiger partial charge in [0.25, 0.3) is 11.8 Å². The number of ether oxygens (including phenoxy) is 1. The minimum atomic E-state index is -2.71. The second-order valence-corrected chi connectivity index (χ2v) is 8.36. The minimum Gasteiger partial charge on any atom is -0.476 e. The Kier molecular flexibility index (Phi) is 5.31. The number of anilines is 1. The summed E-state index contributed by atoms with van der Waals surface area (Å²) in [5, 5.41) is 2.87. The number of aromatic nitrogens is 1. The lowest BCUT2D eigenvalue weighted by Crippen LogP contribution is -2.56. The van der Waals surface area contributed by atoms with Crippen molar-refractivity contribution in [1.29, 1.82) is 0 Å². The van der Waals surface area contributed by atoms with Crippen LogP contribution in [0.5, 0.6) is 5.88 Å². The molecule has 3 aliphatic rings. The molecule has 1 aliphatic heterocycles. The third-order valence-electron chi connectivity index (χ3n) is 5.86. The van der Waals surface area contributed by atoms with E-state index in [0.717, 1.165) is 25.7 Å². The fourth-order valence-corrected chi connectivity index (χ4v) is 3.96. The van der Waals surface area contributed by atoms with Crippen molar-refractivity contribution in [3.63, 3.8) is 0 Å². The lowest BCUT2D eigenvalue weighted by molar-refractivity contribution is -0.123. The summed E-state index contributed by atoms with van der Waals surface area (Å²) in [4.78, 5) is 30.2. The minimum absolute atomic E-state index is 0.139. The molecule has 29 heavy (non-hydrogen) atoms. The van der Waals surface area contributed by atoms with Crippen LogP contribution in [0.25, 0.3) is 0 Å². The molecule has 1 aromatic rings. The lowest BCUT2D eigenvalue weighted by Gasteiger charge is -2.40. The maximum atomic E-state index is 13.3. The fraction of sp³-hybridized carbons (Fsp3) is 0.650. The van der Waals surface area contributed by atoms with Gasteiger partial charge in [-0.25, -0.2) is 13.8 Å². The van der Waals surface area contributed by atoms with Crippen LogP contribution in [0.1, 0.15) is 49.0 Å². The van der Waals surface area contributed by atoms with Gasteiger partial charge in [0.1, 0.15) is 11.4 Å². The Hall–Kier alpha value is -2.45. The third kappa shape index (κ3) is 4.59. The van der Waals surface area contributed by atoms with Crippen LogP contribution in [-0.4, -0.2) is 48.5 Å². The maximum absolute atomic E-state index is 13.3. The van der Waals surface area contributed by atoms with Gasteiger partial charge in [0.15, 0.2) is 0 Å². The fourth-order valence-electron chi connectivity index (χ4n) is 3.96. The average molecular weight is 408 g/mol. The number of nitrogens with two attached hydrogens (primary N) is 1. The van der Waals surface area contributed by atoms with Gasteiger partial charge in [-0.3, -0.25) is 9.59 Å². The molecule has 2 amide bonds. The van der Waals surface area contributed by atoms with Gasteiger partial charge in [-0.1, -0.05) is 12.8 Å². The molecule has 7 nitrogen and oxygen atoms in total. The highest BCUT2D eigenvalue weighted by atomic mass is 19.3. The smallest absolute Gasteiger partial charge is 0.282 e. The van der Waals surface area contributed by atoms with Crippen LogP contribution in [0, 0.1) is 11.8 Å². The van der Waals surface area contributed by atoms with E-state index in [4.69, 9.17) is 10.5 Å². The van der Waals surface area contributed by atoms with Crippen molar-refractivity contribution in [2.24, 2.45) is 17.6 Å². The van der Waals surface area contributed by atoms with E-state index in [-0.39, 0.29) is 36.6 Å². The Bertz CT molecular complexity index is 792. The van der Waals surface area contributed by atoms with Crippen molar-refractivity contribution in [3.05, 3.63) is 17.8 Å². The molecule has 9 heteroatoms. The highest BCUT2D eigenvalue weighted by molar-refractivity contribution is 5.93. The predicted molar refractivity (Wildman–Crippen MR) is 102 cm³/mol. The summed E-state index contributed by atoms with van der Waals surface area (Å²) in [6, 6.07) is 2.79. The summed E-state index contributed by atoms with van der Waals surface area (Å²) in [6.07, 6.45) is 5.32. The van der Waals surface area contributed by atoms with Gasteiger partial charge in [-0.2, -0.15) is 0 Å². The quantitative estimate of drug-likeness (QED) is 0.720. The SMILES string of the molecule is NC(=O)[C@H]1CCCC[C@H]1NC(=O)c1ccc(N2CC(F)(F)C2)c(OCC2CC2)n1. The molecular formula is C20H26F2N4O3. The van der Waals surface area contributed by atoms with Crippen LogP contribution < -0.4 is 20.7 Å². The van der Waals surface area contributed by atoms with Crippen molar-refractivity contribution in [3.8, 4) is 5.88 Å². The molecule has 3 fully saturated rings. The number of hydrogen-bond donors (Lipinski definition) is 2. The van der Waals surface area contributed by atoms with Crippen molar-refractivity contribution < 1.29 is 23.1 Å². The van der Waals surface area contributed by atoms with Crippen LogP contribution in [0.15, 0.2) is 12.1 Å². The molecule has 2 saturated carbocycles. The van der Waals surface area contributed by atoms with Crippen molar-refractivity contribution >= 4 is 17.5 Å². The van der Waals surface area contributed by atoms with E-state index in [0.29, 0.717) is 31.1 Å². The highest BCUT2D eigenvalue weighted by Crippen LogP contribution is 2.38.